The van der Waals surface area contributed by atoms with E-state index in [0.29, 0.717) is 0 Å². The van der Waals surface area contributed by atoms with Gasteiger partial charge in [0, 0.05) is 6.54 Å². The number of aryl methyl sites for hydroxylation is 1. The second-order valence-corrected chi connectivity index (χ2v) is 4.15. The van der Waals surface area contributed by atoms with Gasteiger partial charge in [-0.1, -0.05) is 29.8 Å². The predicted molar refractivity (Wildman–Crippen MR) is 63.8 cm³/mol. The van der Waals surface area contributed by atoms with Crippen LogP contribution in [-0.2, 0) is 6.54 Å². The fourth-order valence-electron chi connectivity index (χ4n) is 1.46. The maximum atomic E-state index is 9.07. The maximum Gasteiger partial charge on any atom is 0.0512 e. The molecule has 0 aliphatic carbocycles. The zero-order chi connectivity index (χ0) is 11.1. The molecule has 0 fully saturated rings. The highest BCUT2D eigenvalue weighted by atomic mass is 16.3. The van der Waals surface area contributed by atoms with Crippen LogP contribution in [0.1, 0.15) is 30.9 Å². The molecule has 15 heavy (non-hydrogen) atoms. The highest BCUT2D eigenvalue weighted by molar-refractivity contribution is 5.20. The number of benzene rings is 1. The summed E-state index contributed by atoms with van der Waals surface area (Å²) in [6.07, 6.45) is 1.73. The van der Waals surface area contributed by atoms with Gasteiger partial charge in [0.1, 0.15) is 0 Å². The number of rotatable bonds is 6. The van der Waals surface area contributed by atoms with Crippen molar-refractivity contribution < 1.29 is 5.11 Å². The van der Waals surface area contributed by atoms with E-state index in [1.54, 1.807) is 0 Å². The molecule has 84 valence electrons. The normalized spacial score (nSPS) is 12.7. The fourth-order valence-corrected chi connectivity index (χ4v) is 1.46. The minimum absolute atomic E-state index is 0.175. The first-order valence-corrected chi connectivity index (χ1v) is 5.63. The molecule has 1 atom stereocenters. The molecule has 0 aromatic heterocycles. The number of aliphatic hydroxyl groups excluding tert-OH is 1. The summed E-state index contributed by atoms with van der Waals surface area (Å²) >= 11 is 0. The van der Waals surface area contributed by atoms with Crippen molar-refractivity contribution in [2.24, 2.45) is 0 Å². The lowest BCUT2D eigenvalue weighted by Gasteiger charge is -2.06. The van der Waals surface area contributed by atoms with Crippen molar-refractivity contribution in [2.45, 2.75) is 39.3 Å². The van der Waals surface area contributed by atoms with E-state index >= 15 is 0 Å². The summed E-state index contributed by atoms with van der Waals surface area (Å²) in [6.45, 7) is 5.82. The number of nitrogens with one attached hydrogen (secondary N) is 1. The Labute approximate surface area is 92.3 Å². The van der Waals surface area contributed by atoms with Crippen LogP contribution in [0.3, 0.4) is 0 Å². The second-order valence-electron chi connectivity index (χ2n) is 4.15. The van der Waals surface area contributed by atoms with Gasteiger partial charge < -0.3 is 10.4 Å². The monoisotopic (exact) mass is 207 g/mol. The lowest BCUT2D eigenvalue weighted by atomic mass is 10.1. The molecule has 2 N–H and O–H groups in total. The summed E-state index contributed by atoms with van der Waals surface area (Å²) in [7, 11) is 0. The van der Waals surface area contributed by atoms with Crippen molar-refractivity contribution in [3.8, 4) is 0 Å². The Morgan fingerprint density at radius 2 is 1.93 bits per heavy atom. The molecule has 2 nitrogen and oxygen atoms in total. The summed E-state index contributed by atoms with van der Waals surface area (Å²) < 4.78 is 0. The Hall–Kier alpha value is -0.860. The van der Waals surface area contributed by atoms with Crippen molar-refractivity contribution in [3.05, 3.63) is 35.4 Å². The Morgan fingerprint density at radius 3 is 2.53 bits per heavy atom. The highest BCUT2D eigenvalue weighted by Crippen LogP contribution is 2.02. The zero-order valence-corrected chi connectivity index (χ0v) is 9.66. The molecule has 0 bridgehead atoms. The van der Waals surface area contributed by atoms with Crippen molar-refractivity contribution in [2.75, 3.05) is 6.54 Å². The number of hydrogen-bond donors (Lipinski definition) is 2. The molecule has 0 amide bonds. The van der Waals surface area contributed by atoms with E-state index in [-0.39, 0.29) is 6.10 Å². The fraction of sp³-hybridized carbons (Fsp3) is 0.538. The third-order valence-electron chi connectivity index (χ3n) is 2.43. The average Bonchev–Trinajstić information content (AvgIpc) is 2.20. The Kier molecular flexibility index (Phi) is 5.37. The minimum Gasteiger partial charge on any atom is -0.393 e. The van der Waals surface area contributed by atoms with E-state index in [4.69, 9.17) is 5.11 Å². The van der Waals surface area contributed by atoms with Gasteiger partial charge in [-0.05, 0) is 38.8 Å². The van der Waals surface area contributed by atoms with Crippen LogP contribution in [0.4, 0.5) is 0 Å². The molecule has 0 saturated carbocycles. The van der Waals surface area contributed by atoms with Crippen LogP contribution in [-0.4, -0.2) is 17.8 Å². The number of hydrogen-bond acceptors (Lipinski definition) is 2. The summed E-state index contributed by atoms with van der Waals surface area (Å²) in [5.41, 5.74) is 2.62. The summed E-state index contributed by atoms with van der Waals surface area (Å²) in [4.78, 5) is 0. The standard InChI is InChI=1S/C13H21NO/c1-11-5-7-13(8-6-11)10-14-9-3-4-12(2)15/h5-8,12,14-15H,3-4,9-10H2,1-2H3. The Bertz CT molecular complexity index is 266. The van der Waals surface area contributed by atoms with E-state index in [0.717, 1.165) is 25.9 Å². The largest absolute Gasteiger partial charge is 0.393 e. The zero-order valence-electron chi connectivity index (χ0n) is 9.66. The molecular formula is C13H21NO. The average molecular weight is 207 g/mol. The Balaban J connectivity index is 2.12. The van der Waals surface area contributed by atoms with Crippen molar-refractivity contribution in [1.82, 2.24) is 5.32 Å². The van der Waals surface area contributed by atoms with E-state index in [2.05, 4.69) is 36.5 Å². The predicted octanol–water partition coefficient (Wildman–Crippen LogP) is 2.25. The molecule has 1 rings (SSSR count). The van der Waals surface area contributed by atoms with Crippen LogP contribution in [0.15, 0.2) is 24.3 Å². The molecule has 1 unspecified atom stereocenters. The maximum absolute atomic E-state index is 9.07. The van der Waals surface area contributed by atoms with Crippen molar-refractivity contribution in [1.29, 1.82) is 0 Å². The van der Waals surface area contributed by atoms with Crippen LogP contribution in [0.5, 0.6) is 0 Å². The van der Waals surface area contributed by atoms with Crippen LogP contribution in [0.25, 0.3) is 0 Å². The molecule has 0 saturated heterocycles. The molecular weight excluding hydrogens is 186 g/mol. The van der Waals surface area contributed by atoms with Gasteiger partial charge in [-0.15, -0.1) is 0 Å². The molecule has 0 aliphatic rings. The smallest absolute Gasteiger partial charge is 0.0512 e. The van der Waals surface area contributed by atoms with Crippen molar-refractivity contribution >= 4 is 0 Å². The van der Waals surface area contributed by atoms with Crippen LogP contribution in [0.2, 0.25) is 0 Å². The van der Waals surface area contributed by atoms with Gasteiger partial charge in [-0.25, -0.2) is 0 Å². The van der Waals surface area contributed by atoms with Gasteiger partial charge in [-0.3, -0.25) is 0 Å². The van der Waals surface area contributed by atoms with E-state index in [1.807, 2.05) is 6.92 Å². The summed E-state index contributed by atoms with van der Waals surface area (Å²) in [5, 5.41) is 12.4. The second kappa shape index (κ2) is 6.59. The topological polar surface area (TPSA) is 32.3 Å². The van der Waals surface area contributed by atoms with Crippen LogP contribution < -0.4 is 5.32 Å². The quantitative estimate of drug-likeness (QED) is 0.701. The van der Waals surface area contributed by atoms with E-state index in [9.17, 15) is 0 Å². The molecule has 0 spiro atoms. The van der Waals surface area contributed by atoms with Gasteiger partial charge in [-0.2, -0.15) is 0 Å². The lowest BCUT2D eigenvalue weighted by Crippen LogP contribution is -2.16. The molecule has 0 heterocycles. The SMILES string of the molecule is Cc1ccc(CNCCCC(C)O)cc1. The first-order valence-electron chi connectivity index (χ1n) is 5.63. The third kappa shape index (κ3) is 5.55. The minimum atomic E-state index is -0.175. The molecule has 0 radical (unpaired) electrons. The molecule has 2 heteroatoms. The van der Waals surface area contributed by atoms with E-state index < -0.39 is 0 Å². The third-order valence-corrected chi connectivity index (χ3v) is 2.43. The first-order chi connectivity index (χ1) is 7.18. The lowest BCUT2D eigenvalue weighted by molar-refractivity contribution is 0.181. The van der Waals surface area contributed by atoms with Gasteiger partial charge >= 0.3 is 0 Å². The highest BCUT2D eigenvalue weighted by Gasteiger charge is 1.95. The molecule has 1 aromatic rings. The van der Waals surface area contributed by atoms with Gasteiger partial charge in [0.2, 0.25) is 0 Å². The van der Waals surface area contributed by atoms with Crippen molar-refractivity contribution in [3.63, 3.8) is 0 Å². The summed E-state index contributed by atoms with van der Waals surface area (Å²) in [6, 6.07) is 8.56. The summed E-state index contributed by atoms with van der Waals surface area (Å²) in [5.74, 6) is 0. The van der Waals surface area contributed by atoms with Gasteiger partial charge in [0.15, 0.2) is 0 Å². The number of aliphatic hydroxyl groups is 1. The van der Waals surface area contributed by atoms with Crippen LogP contribution >= 0.6 is 0 Å². The Morgan fingerprint density at radius 1 is 1.27 bits per heavy atom. The van der Waals surface area contributed by atoms with Crippen LogP contribution in [0, 0.1) is 6.92 Å². The van der Waals surface area contributed by atoms with Gasteiger partial charge in [0.25, 0.3) is 0 Å². The molecule has 1 aromatic carbocycles. The van der Waals surface area contributed by atoms with E-state index in [1.165, 1.54) is 11.1 Å². The van der Waals surface area contributed by atoms with Gasteiger partial charge in [0.05, 0.1) is 6.10 Å². The first kappa shape index (κ1) is 12.2. The molecule has 0 aliphatic heterocycles.